The molecule has 1 N–H and O–H groups in total. The Balaban J connectivity index is 1.69. The van der Waals surface area contributed by atoms with Crippen molar-refractivity contribution < 1.29 is 14.7 Å². The molecule has 106 valence electrons. The van der Waals surface area contributed by atoms with Gasteiger partial charge in [-0.2, -0.15) is 0 Å². The fraction of sp³-hybridized carbons (Fsp3) is 0.867. The minimum atomic E-state index is -0.811. The Morgan fingerprint density at radius 2 is 1.84 bits per heavy atom. The number of aliphatic carboxylic acids is 1. The van der Waals surface area contributed by atoms with Crippen LogP contribution in [0.2, 0.25) is 0 Å². The van der Waals surface area contributed by atoms with Crippen molar-refractivity contribution in [2.45, 2.75) is 69.9 Å². The van der Waals surface area contributed by atoms with Crippen molar-refractivity contribution >= 4 is 11.9 Å². The molecule has 3 rings (SSSR count). The van der Waals surface area contributed by atoms with Crippen molar-refractivity contribution in [1.29, 1.82) is 0 Å². The first-order valence-corrected chi connectivity index (χ1v) is 7.71. The standard InChI is InChI=1S/C15H23NO3/c17-14(8-7-10-5-6-10)16-12-4-2-1-3-11(12)9-13(16)15(18)19/h10-13H,1-9H2,(H,18,19). The smallest absolute Gasteiger partial charge is 0.326 e. The maximum Gasteiger partial charge on any atom is 0.326 e. The first-order chi connectivity index (χ1) is 9.16. The van der Waals surface area contributed by atoms with Gasteiger partial charge < -0.3 is 10.0 Å². The summed E-state index contributed by atoms with van der Waals surface area (Å²) in [6.07, 6.45) is 9.12. The number of rotatable bonds is 4. The molecule has 3 aliphatic rings. The van der Waals surface area contributed by atoms with Gasteiger partial charge in [-0.25, -0.2) is 4.79 Å². The van der Waals surface area contributed by atoms with Gasteiger partial charge in [0.25, 0.3) is 0 Å². The molecule has 1 heterocycles. The lowest BCUT2D eigenvalue weighted by Gasteiger charge is -2.33. The Kier molecular flexibility index (Phi) is 3.50. The molecule has 4 heteroatoms. The third kappa shape index (κ3) is 2.63. The summed E-state index contributed by atoms with van der Waals surface area (Å²) in [4.78, 5) is 25.6. The fourth-order valence-corrected chi connectivity index (χ4v) is 3.90. The van der Waals surface area contributed by atoms with E-state index in [-0.39, 0.29) is 11.9 Å². The summed E-state index contributed by atoms with van der Waals surface area (Å²) in [6, 6.07) is -0.346. The summed E-state index contributed by atoms with van der Waals surface area (Å²) in [7, 11) is 0. The molecular weight excluding hydrogens is 242 g/mol. The molecule has 0 aromatic carbocycles. The van der Waals surface area contributed by atoms with E-state index in [1.54, 1.807) is 4.90 Å². The fourth-order valence-electron chi connectivity index (χ4n) is 3.90. The predicted molar refractivity (Wildman–Crippen MR) is 70.6 cm³/mol. The van der Waals surface area contributed by atoms with E-state index in [1.165, 1.54) is 19.3 Å². The molecule has 0 spiro atoms. The number of hydrogen-bond acceptors (Lipinski definition) is 2. The van der Waals surface area contributed by atoms with E-state index < -0.39 is 12.0 Å². The Bertz CT molecular complexity index is 378. The highest BCUT2D eigenvalue weighted by Gasteiger charge is 2.47. The highest BCUT2D eigenvalue weighted by Crippen LogP contribution is 2.41. The Labute approximate surface area is 114 Å². The molecule has 19 heavy (non-hydrogen) atoms. The molecule has 0 bridgehead atoms. The molecular formula is C15H23NO3. The summed E-state index contributed by atoms with van der Waals surface area (Å²) in [5.74, 6) is 0.444. The van der Waals surface area contributed by atoms with E-state index in [0.29, 0.717) is 18.8 Å². The van der Waals surface area contributed by atoms with E-state index >= 15 is 0 Å². The van der Waals surface area contributed by atoms with Gasteiger partial charge in [0.15, 0.2) is 0 Å². The maximum absolute atomic E-state index is 12.4. The van der Waals surface area contributed by atoms with Crippen LogP contribution in [-0.4, -0.2) is 34.0 Å². The van der Waals surface area contributed by atoms with Crippen LogP contribution in [0.15, 0.2) is 0 Å². The molecule has 0 aromatic heterocycles. The van der Waals surface area contributed by atoms with E-state index in [4.69, 9.17) is 0 Å². The summed E-state index contributed by atoms with van der Waals surface area (Å²) in [5, 5.41) is 9.38. The Hall–Kier alpha value is -1.06. The summed E-state index contributed by atoms with van der Waals surface area (Å²) >= 11 is 0. The molecule has 0 aromatic rings. The van der Waals surface area contributed by atoms with Crippen molar-refractivity contribution in [1.82, 2.24) is 4.90 Å². The zero-order chi connectivity index (χ0) is 13.4. The average Bonchev–Trinajstić information content (AvgIpc) is 3.14. The van der Waals surface area contributed by atoms with Crippen molar-refractivity contribution in [3.05, 3.63) is 0 Å². The molecule has 2 saturated carbocycles. The van der Waals surface area contributed by atoms with Crippen LogP contribution >= 0.6 is 0 Å². The van der Waals surface area contributed by atoms with Crippen molar-refractivity contribution in [2.24, 2.45) is 11.8 Å². The van der Waals surface area contributed by atoms with Gasteiger partial charge in [-0.3, -0.25) is 4.79 Å². The predicted octanol–water partition coefficient (Wildman–Crippen LogP) is 2.42. The van der Waals surface area contributed by atoms with Crippen LogP contribution < -0.4 is 0 Å². The monoisotopic (exact) mass is 265 g/mol. The highest BCUT2D eigenvalue weighted by molar-refractivity contribution is 5.84. The number of carboxylic acid groups (broad SMARTS) is 1. The number of nitrogens with zero attached hydrogens (tertiary/aromatic N) is 1. The van der Waals surface area contributed by atoms with Gasteiger partial charge in [0.2, 0.25) is 5.91 Å². The number of carbonyl (C=O) groups is 2. The number of carbonyl (C=O) groups excluding carboxylic acids is 1. The second-order valence-electron chi connectivity index (χ2n) is 6.48. The van der Waals surface area contributed by atoms with Crippen LogP contribution in [0, 0.1) is 11.8 Å². The van der Waals surface area contributed by atoms with Crippen molar-refractivity contribution in [2.75, 3.05) is 0 Å². The van der Waals surface area contributed by atoms with Crippen molar-refractivity contribution in [3.63, 3.8) is 0 Å². The minimum absolute atomic E-state index is 0.0914. The van der Waals surface area contributed by atoms with E-state index in [9.17, 15) is 14.7 Å². The number of carboxylic acids is 1. The first kappa shape index (κ1) is 12.9. The molecule has 1 amide bonds. The molecule has 3 fully saturated rings. The summed E-state index contributed by atoms with van der Waals surface area (Å²) < 4.78 is 0. The SMILES string of the molecule is O=C(O)C1CC2CCCCC2N1C(=O)CCC1CC1. The van der Waals surface area contributed by atoms with Crippen molar-refractivity contribution in [3.8, 4) is 0 Å². The quantitative estimate of drug-likeness (QED) is 0.849. The largest absolute Gasteiger partial charge is 0.480 e. The highest BCUT2D eigenvalue weighted by atomic mass is 16.4. The van der Waals surface area contributed by atoms with Crippen LogP contribution in [0.1, 0.15) is 57.8 Å². The van der Waals surface area contributed by atoms with E-state index in [1.807, 2.05) is 0 Å². The summed E-state index contributed by atoms with van der Waals surface area (Å²) in [6.45, 7) is 0. The zero-order valence-corrected chi connectivity index (χ0v) is 11.4. The average molecular weight is 265 g/mol. The topological polar surface area (TPSA) is 57.6 Å². The third-order valence-corrected chi connectivity index (χ3v) is 5.12. The van der Waals surface area contributed by atoms with E-state index in [2.05, 4.69) is 0 Å². The van der Waals surface area contributed by atoms with Gasteiger partial charge >= 0.3 is 5.97 Å². The molecule has 3 atom stereocenters. The van der Waals surface area contributed by atoms with E-state index in [0.717, 1.165) is 31.6 Å². The molecule has 4 nitrogen and oxygen atoms in total. The lowest BCUT2D eigenvalue weighted by atomic mass is 9.84. The Morgan fingerprint density at radius 1 is 1.11 bits per heavy atom. The third-order valence-electron chi connectivity index (χ3n) is 5.12. The van der Waals surface area contributed by atoms with Gasteiger partial charge in [-0.1, -0.05) is 25.7 Å². The van der Waals surface area contributed by atoms with Gasteiger partial charge in [0.05, 0.1) is 0 Å². The Morgan fingerprint density at radius 3 is 2.53 bits per heavy atom. The normalized spacial score (nSPS) is 34.1. The number of fused-ring (bicyclic) bond motifs is 1. The van der Waals surface area contributed by atoms with Gasteiger partial charge in [0, 0.05) is 12.5 Å². The molecule has 1 saturated heterocycles. The van der Waals surface area contributed by atoms with Gasteiger partial charge in [-0.05, 0) is 37.5 Å². The second kappa shape index (κ2) is 5.14. The lowest BCUT2D eigenvalue weighted by Crippen LogP contribution is -2.46. The number of likely N-dealkylation sites (tertiary alicyclic amines) is 1. The number of amides is 1. The lowest BCUT2D eigenvalue weighted by molar-refractivity contribution is -0.150. The molecule has 3 unspecified atom stereocenters. The van der Waals surface area contributed by atoms with Crippen LogP contribution in [0.5, 0.6) is 0 Å². The summed E-state index contributed by atoms with van der Waals surface area (Å²) in [5.41, 5.74) is 0. The van der Waals surface area contributed by atoms with Crippen LogP contribution in [0.3, 0.4) is 0 Å². The molecule has 1 aliphatic heterocycles. The minimum Gasteiger partial charge on any atom is -0.480 e. The first-order valence-electron chi connectivity index (χ1n) is 7.71. The van der Waals surface area contributed by atoms with Gasteiger partial charge in [0.1, 0.15) is 6.04 Å². The molecule has 0 radical (unpaired) electrons. The van der Waals surface area contributed by atoms with Crippen LogP contribution in [-0.2, 0) is 9.59 Å². The maximum atomic E-state index is 12.4. The van der Waals surface area contributed by atoms with Gasteiger partial charge in [-0.15, -0.1) is 0 Å². The number of hydrogen-bond donors (Lipinski definition) is 1. The second-order valence-corrected chi connectivity index (χ2v) is 6.48. The van der Waals surface area contributed by atoms with Crippen LogP contribution in [0.4, 0.5) is 0 Å². The molecule has 2 aliphatic carbocycles. The van der Waals surface area contributed by atoms with Crippen LogP contribution in [0.25, 0.3) is 0 Å². The zero-order valence-electron chi connectivity index (χ0n) is 11.4.